The maximum Gasteiger partial charge on any atom is 0.418 e. The number of ether oxygens (including phenoxy) is 1. The number of carbonyl (C=O) groups excluding carboxylic acids is 2. The van der Waals surface area contributed by atoms with Gasteiger partial charge in [-0.2, -0.15) is 13.2 Å². The van der Waals surface area contributed by atoms with Gasteiger partial charge in [-0.15, -0.1) is 0 Å². The smallest absolute Gasteiger partial charge is 0.418 e. The molecule has 0 saturated heterocycles. The number of hydrogen-bond acceptors (Lipinski definition) is 3. The lowest BCUT2D eigenvalue weighted by atomic mass is 10.0. The Hall–Kier alpha value is -3.61. The standard InChI is InChI=1S/C23H18F3NO3/c1-15(22(29)27-20-12-5-4-11-19(20)23(24,25)26)30-21(28)14-13-17-9-6-8-16-7-2-3-10-18(16)17/h2-15H,1H3,(H,27,29)/b14-13+/t15-/m1/s1. The number of anilines is 1. The van der Waals surface area contributed by atoms with E-state index in [4.69, 9.17) is 4.74 Å². The van der Waals surface area contributed by atoms with E-state index in [9.17, 15) is 22.8 Å². The van der Waals surface area contributed by atoms with Gasteiger partial charge in [0.1, 0.15) is 0 Å². The summed E-state index contributed by atoms with van der Waals surface area (Å²) in [5, 5.41) is 4.11. The summed E-state index contributed by atoms with van der Waals surface area (Å²) < 4.78 is 44.1. The lowest BCUT2D eigenvalue weighted by molar-refractivity contribution is -0.148. The van der Waals surface area contributed by atoms with Crippen LogP contribution in [0.2, 0.25) is 0 Å². The molecule has 30 heavy (non-hydrogen) atoms. The highest BCUT2D eigenvalue weighted by atomic mass is 19.4. The van der Waals surface area contributed by atoms with E-state index in [1.807, 2.05) is 42.5 Å². The number of halogens is 3. The molecule has 1 amide bonds. The number of fused-ring (bicyclic) bond motifs is 1. The van der Waals surface area contributed by atoms with Crippen molar-refractivity contribution in [3.05, 3.63) is 83.9 Å². The molecular weight excluding hydrogens is 395 g/mol. The summed E-state index contributed by atoms with van der Waals surface area (Å²) in [5.41, 5.74) is -0.585. The fourth-order valence-electron chi connectivity index (χ4n) is 2.89. The number of nitrogens with one attached hydrogen (secondary N) is 1. The third-order valence-corrected chi connectivity index (χ3v) is 4.37. The van der Waals surface area contributed by atoms with Crippen LogP contribution in [0.25, 0.3) is 16.8 Å². The molecule has 0 saturated carbocycles. The van der Waals surface area contributed by atoms with Gasteiger partial charge in [0.2, 0.25) is 0 Å². The van der Waals surface area contributed by atoms with Crippen LogP contribution in [0.5, 0.6) is 0 Å². The Bertz CT molecular complexity index is 1100. The van der Waals surface area contributed by atoms with Crippen LogP contribution in [0, 0.1) is 0 Å². The molecule has 0 radical (unpaired) electrons. The highest BCUT2D eigenvalue weighted by Crippen LogP contribution is 2.34. The summed E-state index contributed by atoms with van der Waals surface area (Å²) in [6.45, 7) is 1.29. The number of rotatable bonds is 5. The minimum Gasteiger partial charge on any atom is -0.449 e. The molecule has 0 fully saturated rings. The predicted molar refractivity (Wildman–Crippen MR) is 109 cm³/mol. The zero-order chi connectivity index (χ0) is 21.7. The van der Waals surface area contributed by atoms with Gasteiger partial charge in [0.15, 0.2) is 6.10 Å². The molecule has 0 unspecified atom stereocenters. The zero-order valence-electron chi connectivity index (χ0n) is 15.9. The Morgan fingerprint density at radius 1 is 0.967 bits per heavy atom. The molecule has 0 bridgehead atoms. The summed E-state index contributed by atoms with van der Waals surface area (Å²) in [7, 11) is 0. The second kappa shape index (κ2) is 8.82. The van der Waals surface area contributed by atoms with E-state index in [-0.39, 0.29) is 0 Å². The van der Waals surface area contributed by atoms with Crippen LogP contribution < -0.4 is 5.32 Å². The molecule has 0 aliphatic rings. The molecule has 4 nitrogen and oxygen atoms in total. The lowest BCUT2D eigenvalue weighted by Crippen LogP contribution is -2.30. The number of esters is 1. The normalized spacial score (nSPS) is 12.7. The Morgan fingerprint density at radius 3 is 2.40 bits per heavy atom. The van der Waals surface area contributed by atoms with Gasteiger partial charge in [-0.3, -0.25) is 4.79 Å². The first kappa shape index (κ1) is 21.1. The van der Waals surface area contributed by atoms with Crippen LogP contribution in [0.3, 0.4) is 0 Å². The Morgan fingerprint density at radius 2 is 1.63 bits per heavy atom. The lowest BCUT2D eigenvalue weighted by Gasteiger charge is -2.16. The first-order valence-corrected chi connectivity index (χ1v) is 9.09. The number of para-hydroxylation sites is 1. The highest BCUT2D eigenvalue weighted by molar-refractivity contribution is 5.98. The third-order valence-electron chi connectivity index (χ3n) is 4.37. The van der Waals surface area contributed by atoms with E-state index in [1.165, 1.54) is 25.1 Å². The van der Waals surface area contributed by atoms with E-state index < -0.39 is 35.4 Å². The molecule has 1 N–H and O–H groups in total. The quantitative estimate of drug-likeness (QED) is 0.448. The van der Waals surface area contributed by atoms with Crippen LogP contribution in [0.1, 0.15) is 18.1 Å². The minimum absolute atomic E-state index is 0.399. The largest absolute Gasteiger partial charge is 0.449 e. The molecule has 3 aromatic carbocycles. The molecule has 0 heterocycles. The number of benzene rings is 3. The third kappa shape index (κ3) is 5.05. The van der Waals surface area contributed by atoms with E-state index in [0.717, 1.165) is 28.5 Å². The van der Waals surface area contributed by atoms with Gasteiger partial charge in [0, 0.05) is 6.08 Å². The van der Waals surface area contributed by atoms with Crippen molar-refractivity contribution in [3.8, 4) is 0 Å². The molecule has 0 aliphatic heterocycles. The van der Waals surface area contributed by atoms with Gasteiger partial charge in [0.25, 0.3) is 5.91 Å². The summed E-state index contributed by atoms with van der Waals surface area (Å²) in [5.74, 6) is -1.65. The van der Waals surface area contributed by atoms with Crippen molar-refractivity contribution in [1.82, 2.24) is 0 Å². The molecule has 3 aromatic rings. The predicted octanol–water partition coefficient (Wildman–Crippen LogP) is 5.44. The molecule has 0 aromatic heterocycles. The number of alkyl halides is 3. The number of hydrogen-bond donors (Lipinski definition) is 1. The molecule has 3 rings (SSSR count). The molecule has 0 spiro atoms. The van der Waals surface area contributed by atoms with Crippen LogP contribution >= 0.6 is 0 Å². The maximum absolute atomic E-state index is 13.0. The number of amides is 1. The van der Waals surface area contributed by atoms with Gasteiger partial charge in [-0.25, -0.2) is 4.79 Å². The molecule has 1 atom stereocenters. The van der Waals surface area contributed by atoms with Gasteiger partial charge in [-0.1, -0.05) is 54.6 Å². The monoisotopic (exact) mass is 413 g/mol. The van der Waals surface area contributed by atoms with Crippen LogP contribution in [0.4, 0.5) is 18.9 Å². The SMILES string of the molecule is C[C@@H](OC(=O)/C=C/c1cccc2ccccc12)C(=O)Nc1ccccc1C(F)(F)F. The van der Waals surface area contributed by atoms with Crippen molar-refractivity contribution < 1.29 is 27.5 Å². The van der Waals surface area contributed by atoms with Gasteiger partial charge < -0.3 is 10.1 Å². The average molecular weight is 413 g/mol. The van der Waals surface area contributed by atoms with Crippen LogP contribution in [-0.4, -0.2) is 18.0 Å². The van der Waals surface area contributed by atoms with Crippen molar-refractivity contribution >= 4 is 34.4 Å². The van der Waals surface area contributed by atoms with E-state index in [0.29, 0.717) is 0 Å². The van der Waals surface area contributed by atoms with E-state index in [1.54, 1.807) is 6.08 Å². The average Bonchev–Trinajstić information content (AvgIpc) is 2.71. The van der Waals surface area contributed by atoms with Gasteiger partial charge in [0.05, 0.1) is 11.3 Å². The second-order valence-electron chi connectivity index (χ2n) is 6.51. The zero-order valence-corrected chi connectivity index (χ0v) is 15.9. The summed E-state index contributed by atoms with van der Waals surface area (Å²) in [6.07, 6.45) is -3.16. The molecule has 154 valence electrons. The Balaban J connectivity index is 1.66. The van der Waals surface area contributed by atoms with E-state index >= 15 is 0 Å². The summed E-state index contributed by atoms with van der Waals surface area (Å²) >= 11 is 0. The van der Waals surface area contributed by atoms with Gasteiger partial charge in [-0.05, 0) is 41.5 Å². The number of carbonyl (C=O) groups is 2. The highest BCUT2D eigenvalue weighted by Gasteiger charge is 2.34. The van der Waals surface area contributed by atoms with Crippen molar-refractivity contribution in [2.24, 2.45) is 0 Å². The summed E-state index contributed by atoms with van der Waals surface area (Å²) in [4.78, 5) is 24.3. The Labute approximate surface area is 171 Å². The van der Waals surface area contributed by atoms with Crippen molar-refractivity contribution in [2.45, 2.75) is 19.2 Å². The fourth-order valence-corrected chi connectivity index (χ4v) is 2.89. The minimum atomic E-state index is -4.62. The molecule has 0 aliphatic carbocycles. The van der Waals surface area contributed by atoms with Crippen molar-refractivity contribution in [2.75, 3.05) is 5.32 Å². The van der Waals surface area contributed by atoms with E-state index in [2.05, 4.69) is 5.32 Å². The van der Waals surface area contributed by atoms with Crippen molar-refractivity contribution in [1.29, 1.82) is 0 Å². The first-order valence-electron chi connectivity index (χ1n) is 9.09. The van der Waals surface area contributed by atoms with Crippen LogP contribution in [-0.2, 0) is 20.5 Å². The summed E-state index contributed by atoms with van der Waals surface area (Å²) in [6, 6.07) is 17.8. The topological polar surface area (TPSA) is 55.4 Å². The fraction of sp³-hybridized carbons (Fsp3) is 0.130. The Kier molecular flexibility index (Phi) is 6.20. The molecule has 7 heteroatoms. The second-order valence-corrected chi connectivity index (χ2v) is 6.51. The van der Waals surface area contributed by atoms with Crippen molar-refractivity contribution in [3.63, 3.8) is 0 Å². The molecular formula is C23H18F3NO3. The van der Waals surface area contributed by atoms with Gasteiger partial charge >= 0.3 is 12.1 Å². The van der Waals surface area contributed by atoms with Crippen LogP contribution in [0.15, 0.2) is 72.8 Å². The maximum atomic E-state index is 13.0. The first-order chi connectivity index (χ1) is 14.3.